The summed E-state index contributed by atoms with van der Waals surface area (Å²) in [5, 5.41) is 19.9. The molecular weight excluding hydrogens is 392 g/mol. The number of benzene rings is 1. The van der Waals surface area contributed by atoms with E-state index in [1.165, 1.54) is 36.7 Å². The number of hydrogen-bond acceptors (Lipinski definition) is 5. The highest BCUT2D eigenvalue weighted by atomic mass is 19.1. The Morgan fingerprint density at radius 1 is 1.30 bits per heavy atom. The maximum atomic E-state index is 14.0. The van der Waals surface area contributed by atoms with Gasteiger partial charge in [0.2, 0.25) is 0 Å². The van der Waals surface area contributed by atoms with E-state index in [4.69, 9.17) is 0 Å². The van der Waals surface area contributed by atoms with Gasteiger partial charge in [-0.2, -0.15) is 9.61 Å². The minimum atomic E-state index is -1.64. The topological polar surface area (TPSA) is 91.5 Å². The zero-order valence-electron chi connectivity index (χ0n) is 17.3. The molecule has 3 rings (SSSR count). The highest BCUT2D eigenvalue weighted by Gasteiger charge is 2.27. The minimum Gasteiger partial charge on any atom is -0.387 e. The Bertz CT molecular complexity index is 1060. The van der Waals surface area contributed by atoms with Crippen molar-refractivity contribution >= 4 is 17.4 Å². The number of alkyl halides is 1. The van der Waals surface area contributed by atoms with E-state index < -0.39 is 17.7 Å². The number of aromatic nitrogens is 3. The van der Waals surface area contributed by atoms with Crippen molar-refractivity contribution in [3.05, 3.63) is 47.9 Å². The van der Waals surface area contributed by atoms with Crippen LogP contribution in [0.3, 0.4) is 0 Å². The average molecular weight is 417 g/mol. The molecule has 0 saturated carbocycles. The molecule has 0 saturated heterocycles. The Balaban J connectivity index is 1.99. The van der Waals surface area contributed by atoms with Crippen LogP contribution in [0.1, 0.15) is 38.1 Å². The predicted octanol–water partition coefficient (Wildman–Crippen LogP) is 3.19. The second-order valence-corrected chi connectivity index (χ2v) is 7.96. The Hall–Kier alpha value is -3.07. The smallest absolute Gasteiger partial charge is 0.256 e. The van der Waals surface area contributed by atoms with Crippen molar-refractivity contribution in [3.8, 4) is 11.3 Å². The maximum Gasteiger partial charge on any atom is 0.256 e. The standard InChI is InChI=1S/C21H25F2N5O2/c1-12(2)26-19-15(20(29)25-11-17(23)21(3,4)30)10-24-18-9-16(27-28(18)19)13-6-5-7-14(22)8-13/h5-10,12,17,26,30H,11H2,1-4H3,(H,25,29)/t17-/m1/s1. The molecule has 0 unspecified atom stereocenters. The van der Waals surface area contributed by atoms with Crippen molar-refractivity contribution in [2.24, 2.45) is 0 Å². The molecule has 2 heterocycles. The number of anilines is 1. The monoisotopic (exact) mass is 417 g/mol. The van der Waals surface area contributed by atoms with E-state index in [1.54, 1.807) is 18.2 Å². The van der Waals surface area contributed by atoms with Gasteiger partial charge in [0.05, 0.1) is 17.8 Å². The van der Waals surface area contributed by atoms with Crippen LogP contribution in [0, 0.1) is 5.82 Å². The molecular formula is C21H25F2N5O2. The van der Waals surface area contributed by atoms with Gasteiger partial charge in [-0.25, -0.2) is 13.8 Å². The fourth-order valence-corrected chi connectivity index (χ4v) is 2.83. The van der Waals surface area contributed by atoms with E-state index in [9.17, 15) is 18.7 Å². The highest BCUT2D eigenvalue weighted by Crippen LogP contribution is 2.24. The Labute approximate surface area is 173 Å². The first kappa shape index (κ1) is 21.6. The summed E-state index contributed by atoms with van der Waals surface area (Å²) in [6.07, 6.45) is -0.257. The van der Waals surface area contributed by atoms with Gasteiger partial charge in [0, 0.05) is 23.9 Å². The molecule has 1 atom stereocenters. The third kappa shape index (κ3) is 4.73. The Kier molecular flexibility index (Phi) is 6.02. The summed E-state index contributed by atoms with van der Waals surface area (Å²) in [6, 6.07) is 7.68. The molecule has 1 amide bonds. The van der Waals surface area contributed by atoms with E-state index in [0.717, 1.165) is 0 Å². The average Bonchev–Trinajstić information content (AvgIpc) is 3.10. The van der Waals surface area contributed by atoms with Crippen molar-refractivity contribution in [2.75, 3.05) is 11.9 Å². The van der Waals surface area contributed by atoms with Crippen LogP contribution in [0.2, 0.25) is 0 Å². The van der Waals surface area contributed by atoms with Gasteiger partial charge in [-0.05, 0) is 39.8 Å². The number of carbonyl (C=O) groups is 1. The molecule has 0 fully saturated rings. The molecule has 160 valence electrons. The first-order chi connectivity index (χ1) is 14.1. The molecule has 0 spiro atoms. The fraction of sp³-hybridized carbons (Fsp3) is 0.381. The van der Waals surface area contributed by atoms with Gasteiger partial charge in [0.25, 0.3) is 5.91 Å². The van der Waals surface area contributed by atoms with E-state index in [2.05, 4.69) is 20.7 Å². The summed E-state index contributed by atoms with van der Waals surface area (Å²) in [4.78, 5) is 17.0. The number of hydrogen-bond donors (Lipinski definition) is 3. The van der Waals surface area contributed by atoms with Crippen LogP contribution >= 0.6 is 0 Å². The van der Waals surface area contributed by atoms with Crippen LogP contribution in [0.25, 0.3) is 16.9 Å². The van der Waals surface area contributed by atoms with Crippen molar-refractivity contribution in [1.29, 1.82) is 0 Å². The summed E-state index contributed by atoms with van der Waals surface area (Å²) in [6.45, 7) is 6.12. The fourth-order valence-electron chi connectivity index (χ4n) is 2.83. The SMILES string of the molecule is CC(C)Nc1c(C(=O)NC[C@@H](F)C(C)(C)O)cnc2cc(-c3cccc(F)c3)nn12. The number of aliphatic hydroxyl groups is 1. The van der Waals surface area contributed by atoms with E-state index in [1.807, 2.05) is 13.8 Å². The third-order valence-corrected chi connectivity index (χ3v) is 4.48. The number of nitrogens with one attached hydrogen (secondary N) is 2. The van der Waals surface area contributed by atoms with Crippen molar-refractivity contribution in [2.45, 2.75) is 45.5 Å². The second kappa shape index (κ2) is 8.35. The summed E-state index contributed by atoms with van der Waals surface area (Å²) in [5.74, 6) is -0.554. The number of amides is 1. The van der Waals surface area contributed by atoms with Crippen LogP contribution in [0.5, 0.6) is 0 Å². The molecule has 7 nitrogen and oxygen atoms in total. The molecule has 9 heteroatoms. The highest BCUT2D eigenvalue weighted by molar-refractivity contribution is 5.99. The lowest BCUT2D eigenvalue weighted by atomic mass is 10.0. The summed E-state index contributed by atoms with van der Waals surface area (Å²) in [5.41, 5.74) is 0.141. The van der Waals surface area contributed by atoms with Crippen LogP contribution in [0.15, 0.2) is 36.5 Å². The lowest BCUT2D eigenvalue weighted by Crippen LogP contribution is -2.42. The van der Waals surface area contributed by atoms with Gasteiger partial charge in [0.15, 0.2) is 5.65 Å². The van der Waals surface area contributed by atoms with Gasteiger partial charge in [-0.3, -0.25) is 4.79 Å². The van der Waals surface area contributed by atoms with E-state index in [-0.39, 0.29) is 24.0 Å². The summed E-state index contributed by atoms with van der Waals surface area (Å²) in [7, 11) is 0. The first-order valence-corrected chi connectivity index (χ1v) is 9.62. The van der Waals surface area contributed by atoms with Crippen LogP contribution in [0.4, 0.5) is 14.6 Å². The normalized spacial score (nSPS) is 12.9. The molecule has 0 aliphatic heterocycles. The molecule has 30 heavy (non-hydrogen) atoms. The predicted molar refractivity (Wildman–Crippen MR) is 111 cm³/mol. The largest absolute Gasteiger partial charge is 0.387 e. The van der Waals surface area contributed by atoms with Gasteiger partial charge in [-0.15, -0.1) is 0 Å². The van der Waals surface area contributed by atoms with Gasteiger partial charge >= 0.3 is 0 Å². The Morgan fingerprint density at radius 3 is 2.67 bits per heavy atom. The molecule has 1 aromatic carbocycles. The second-order valence-electron chi connectivity index (χ2n) is 7.96. The zero-order valence-corrected chi connectivity index (χ0v) is 17.3. The van der Waals surface area contributed by atoms with Gasteiger partial charge < -0.3 is 15.7 Å². The van der Waals surface area contributed by atoms with Crippen molar-refractivity contribution in [1.82, 2.24) is 19.9 Å². The van der Waals surface area contributed by atoms with Crippen LogP contribution in [-0.4, -0.2) is 50.0 Å². The molecule has 0 aliphatic carbocycles. The van der Waals surface area contributed by atoms with Crippen molar-refractivity contribution in [3.63, 3.8) is 0 Å². The van der Waals surface area contributed by atoms with E-state index in [0.29, 0.717) is 22.7 Å². The minimum absolute atomic E-state index is 0.0331. The van der Waals surface area contributed by atoms with Gasteiger partial charge in [-0.1, -0.05) is 12.1 Å². The molecule has 0 aliphatic rings. The van der Waals surface area contributed by atoms with Gasteiger partial charge in [0.1, 0.15) is 23.4 Å². The summed E-state index contributed by atoms with van der Waals surface area (Å²) >= 11 is 0. The number of carbonyl (C=O) groups excluding carboxylic acids is 1. The zero-order chi connectivity index (χ0) is 22.1. The number of nitrogens with zero attached hydrogens (tertiary/aromatic N) is 3. The molecule has 0 radical (unpaired) electrons. The van der Waals surface area contributed by atoms with Crippen molar-refractivity contribution < 1.29 is 18.7 Å². The molecule has 2 aromatic heterocycles. The van der Waals surface area contributed by atoms with Crippen LogP contribution < -0.4 is 10.6 Å². The number of rotatable bonds is 7. The Morgan fingerprint density at radius 2 is 2.03 bits per heavy atom. The quantitative estimate of drug-likeness (QED) is 0.549. The van der Waals surface area contributed by atoms with E-state index >= 15 is 0 Å². The third-order valence-electron chi connectivity index (χ3n) is 4.48. The molecule has 0 bridgehead atoms. The lowest BCUT2D eigenvalue weighted by molar-refractivity contribution is -0.00177. The first-order valence-electron chi connectivity index (χ1n) is 9.62. The lowest BCUT2D eigenvalue weighted by Gasteiger charge is -2.22. The number of halogens is 2. The molecule has 3 aromatic rings. The molecule has 3 N–H and O–H groups in total. The maximum absolute atomic E-state index is 14.0. The summed E-state index contributed by atoms with van der Waals surface area (Å²) < 4.78 is 29.1. The van der Waals surface area contributed by atoms with Crippen LogP contribution in [-0.2, 0) is 0 Å². The number of fused-ring (bicyclic) bond motifs is 1.